The molecule has 5 nitrogen and oxygen atoms in total. The fourth-order valence-corrected chi connectivity index (χ4v) is 2.49. The van der Waals surface area contributed by atoms with Crippen LogP contribution in [0.5, 0.6) is 0 Å². The number of piperidine rings is 1. The number of aryl methyl sites for hydroxylation is 1. The Morgan fingerprint density at radius 2 is 2.16 bits per heavy atom. The van der Waals surface area contributed by atoms with Crippen LogP contribution in [0, 0.1) is 0 Å². The van der Waals surface area contributed by atoms with Crippen LogP contribution < -0.4 is 10.6 Å². The zero-order chi connectivity index (χ0) is 13.1. The van der Waals surface area contributed by atoms with Crippen LogP contribution in [-0.4, -0.2) is 33.9 Å². The van der Waals surface area contributed by atoms with E-state index in [2.05, 4.69) is 45.1 Å². The van der Waals surface area contributed by atoms with Gasteiger partial charge in [-0.05, 0) is 38.1 Å². The fourth-order valence-electron chi connectivity index (χ4n) is 2.49. The number of hydrogen-bond donors (Lipinski definition) is 2. The van der Waals surface area contributed by atoms with Gasteiger partial charge in [-0.3, -0.25) is 0 Å². The highest BCUT2D eigenvalue weighted by atomic mass is 15.2. The number of rotatable bonds is 3. The van der Waals surface area contributed by atoms with Gasteiger partial charge >= 0.3 is 0 Å². The third-order valence-electron chi connectivity index (χ3n) is 3.54. The van der Waals surface area contributed by atoms with E-state index < -0.39 is 0 Å². The van der Waals surface area contributed by atoms with Crippen LogP contribution in [0.3, 0.4) is 0 Å². The molecule has 1 aliphatic rings. The van der Waals surface area contributed by atoms with Gasteiger partial charge in [-0.2, -0.15) is 0 Å². The van der Waals surface area contributed by atoms with Crippen molar-refractivity contribution >= 4 is 5.69 Å². The van der Waals surface area contributed by atoms with Gasteiger partial charge in [0.2, 0.25) is 0 Å². The molecule has 1 aromatic heterocycles. The molecule has 19 heavy (non-hydrogen) atoms. The standard InChI is InChI=1S/C14H19N5/c1-19-10-16-18-14(19)11-3-2-4-13(9-11)17-12-5-7-15-8-6-12/h2-4,9-10,12,15,17H,5-8H2,1H3. The Balaban J connectivity index is 1.78. The molecule has 1 saturated heterocycles. The van der Waals surface area contributed by atoms with Crippen LogP contribution in [0.4, 0.5) is 5.69 Å². The number of anilines is 1. The van der Waals surface area contributed by atoms with E-state index in [4.69, 9.17) is 0 Å². The molecular weight excluding hydrogens is 238 g/mol. The average molecular weight is 257 g/mol. The number of hydrogen-bond acceptors (Lipinski definition) is 4. The Labute approximate surface area is 113 Å². The SMILES string of the molecule is Cn1cnnc1-c1cccc(NC2CCNCC2)c1. The molecule has 0 aliphatic carbocycles. The van der Waals surface area contributed by atoms with Crippen LogP contribution in [0.25, 0.3) is 11.4 Å². The minimum atomic E-state index is 0.566. The first-order chi connectivity index (χ1) is 9.33. The lowest BCUT2D eigenvalue weighted by molar-refractivity contribution is 0.479. The molecule has 3 rings (SSSR count). The van der Waals surface area contributed by atoms with Crippen molar-refractivity contribution in [1.82, 2.24) is 20.1 Å². The van der Waals surface area contributed by atoms with Crippen molar-refractivity contribution in [2.75, 3.05) is 18.4 Å². The molecule has 0 bridgehead atoms. The Hall–Kier alpha value is -1.88. The summed E-state index contributed by atoms with van der Waals surface area (Å²) in [5.74, 6) is 0.897. The number of nitrogens with one attached hydrogen (secondary N) is 2. The van der Waals surface area contributed by atoms with Crippen LogP contribution in [0.2, 0.25) is 0 Å². The zero-order valence-electron chi connectivity index (χ0n) is 11.1. The Kier molecular flexibility index (Phi) is 3.46. The summed E-state index contributed by atoms with van der Waals surface area (Å²) in [5, 5.41) is 15.1. The van der Waals surface area contributed by atoms with Crippen LogP contribution in [0.1, 0.15) is 12.8 Å². The van der Waals surface area contributed by atoms with E-state index in [-0.39, 0.29) is 0 Å². The van der Waals surface area contributed by atoms with Gasteiger partial charge < -0.3 is 15.2 Å². The molecule has 0 unspecified atom stereocenters. The van der Waals surface area contributed by atoms with E-state index in [1.807, 2.05) is 11.6 Å². The van der Waals surface area contributed by atoms with E-state index in [1.165, 1.54) is 12.8 Å². The topological polar surface area (TPSA) is 54.8 Å². The molecule has 0 saturated carbocycles. The predicted molar refractivity (Wildman–Crippen MR) is 76.0 cm³/mol. The first kappa shape index (κ1) is 12.2. The molecular formula is C14H19N5. The minimum absolute atomic E-state index is 0.566. The van der Waals surface area contributed by atoms with Crippen molar-refractivity contribution in [3.8, 4) is 11.4 Å². The number of aromatic nitrogens is 3. The normalized spacial score (nSPS) is 16.5. The smallest absolute Gasteiger partial charge is 0.163 e. The fraction of sp³-hybridized carbons (Fsp3) is 0.429. The number of nitrogens with zero attached hydrogens (tertiary/aromatic N) is 3. The average Bonchev–Trinajstić information content (AvgIpc) is 2.86. The van der Waals surface area contributed by atoms with Crippen LogP contribution >= 0.6 is 0 Å². The van der Waals surface area contributed by atoms with E-state index >= 15 is 0 Å². The molecule has 1 aromatic carbocycles. The molecule has 100 valence electrons. The lowest BCUT2D eigenvalue weighted by atomic mass is 10.1. The van der Waals surface area contributed by atoms with Crippen molar-refractivity contribution in [2.45, 2.75) is 18.9 Å². The van der Waals surface area contributed by atoms with Crippen molar-refractivity contribution in [3.05, 3.63) is 30.6 Å². The summed E-state index contributed by atoms with van der Waals surface area (Å²) in [6.07, 6.45) is 4.07. The molecule has 0 spiro atoms. The summed E-state index contributed by atoms with van der Waals surface area (Å²) in [5.41, 5.74) is 2.26. The summed E-state index contributed by atoms with van der Waals surface area (Å²) in [4.78, 5) is 0. The lowest BCUT2D eigenvalue weighted by Gasteiger charge is -2.24. The molecule has 1 aliphatic heterocycles. The highest BCUT2D eigenvalue weighted by molar-refractivity contribution is 5.62. The second-order valence-corrected chi connectivity index (χ2v) is 5.01. The van der Waals surface area contributed by atoms with E-state index in [1.54, 1.807) is 6.33 Å². The summed E-state index contributed by atoms with van der Waals surface area (Å²) in [6.45, 7) is 2.20. The molecule has 0 atom stereocenters. The van der Waals surface area contributed by atoms with Crippen molar-refractivity contribution in [2.24, 2.45) is 7.05 Å². The highest BCUT2D eigenvalue weighted by Gasteiger charge is 2.13. The first-order valence-electron chi connectivity index (χ1n) is 6.74. The van der Waals surface area contributed by atoms with Gasteiger partial charge in [-0.1, -0.05) is 12.1 Å². The van der Waals surface area contributed by atoms with Gasteiger partial charge in [0.05, 0.1) is 0 Å². The number of benzene rings is 1. The van der Waals surface area contributed by atoms with Gasteiger partial charge in [-0.15, -0.1) is 10.2 Å². The Morgan fingerprint density at radius 3 is 2.89 bits per heavy atom. The summed E-state index contributed by atoms with van der Waals surface area (Å²) >= 11 is 0. The van der Waals surface area contributed by atoms with Crippen molar-refractivity contribution in [1.29, 1.82) is 0 Å². The Morgan fingerprint density at radius 1 is 1.32 bits per heavy atom. The highest BCUT2D eigenvalue weighted by Crippen LogP contribution is 2.21. The second kappa shape index (κ2) is 5.40. The maximum atomic E-state index is 4.15. The minimum Gasteiger partial charge on any atom is -0.382 e. The molecule has 1 fully saturated rings. The van der Waals surface area contributed by atoms with Gasteiger partial charge in [0.1, 0.15) is 6.33 Å². The maximum Gasteiger partial charge on any atom is 0.163 e. The third kappa shape index (κ3) is 2.76. The van der Waals surface area contributed by atoms with Gasteiger partial charge in [-0.25, -0.2) is 0 Å². The largest absolute Gasteiger partial charge is 0.382 e. The quantitative estimate of drug-likeness (QED) is 0.878. The predicted octanol–water partition coefficient (Wildman–Crippen LogP) is 1.65. The third-order valence-corrected chi connectivity index (χ3v) is 3.54. The van der Waals surface area contributed by atoms with Crippen LogP contribution in [-0.2, 0) is 7.05 Å². The summed E-state index contributed by atoms with van der Waals surface area (Å²) in [7, 11) is 1.96. The maximum absolute atomic E-state index is 4.15. The summed E-state index contributed by atoms with van der Waals surface area (Å²) < 4.78 is 1.93. The van der Waals surface area contributed by atoms with Gasteiger partial charge in [0, 0.05) is 24.3 Å². The van der Waals surface area contributed by atoms with Crippen LogP contribution in [0.15, 0.2) is 30.6 Å². The van der Waals surface area contributed by atoms with E-state index in [0.29, 0.717) is 6.04 Å². The van der Waals surface area contributed by atoms with E-state index in [9.17, 15) is 0 Å². The lowest BCUT2D eigenvalue weighted by Crippen LogP contribution is -2.35. The van der Waals surface area contributed by atoms with Crippen molar-refractivity contribution < 1.29 is 0 Å². The van der Waals surface area contributed by atoms with E-state index in [0.717, 1.165) is 30.2 Å². The molecule has 5 heteroatoms. The van der Waals surface area contributed by atoms with Gasteiger partial charge in [0.15, 0.2) is 5.82 Å². The molecule has 2 N–H and O–H groups in total. The Bertz CT molecular complexity index is 542. The molecule has 0 amide bonds. The molecule has 2 aromatic rings. The molecule has 0 radical (unpaired) electrons. The zero-order valence-corrected chi connectivity index (χ0v) is 11.1. The monoisotopic (exact) mass is 257 g/mol. The van der Waals surface area contributed by atoms with Gasteiger partial charge in [0.25, 0.3) is 0 Å². The van der Waals surface area contributed by atoms with Crippen molar-refractivity contribution in [3.63, 3.8) is 0 Å². The summed E-state index contributed by atoms with van der Waals surface area (Å²) in [6, 6.07) is 8.95. The second-order valence-electron chi connectivity index (χ2n) is 5.01. The first-order valence-corrected chi connectivity index (χ1v) is 6.74. The molecule has 2 heterocycles.